The molecule has 0 saturated heterocycles. The predicted octanol–water partition coefficient (Wildman–Crippen LogP) is 2.44. The number of benzene rings is 1. The minimum atomic E-state index is -0.700. The summed E-state index contributed by atoms with van der Waals surface area (Å²) in [6.45, 7) is 5.61. The van der Waals surface area contributed by atoms with Crippen molar-refractivity contribution in [3.8, 4) is 5.75 Å². The Hall–Kier alpha value is -1.75. The van der Waals surface area contributed by atoms with Crippen LogP contribution >= 0.6 is 11.6 Å². The van der Waals surface area contributed by atoms with Crippen LogP contribution in [0.25, 0.3) is 0 Å². The van der Waals surface area contributed by atoms with Crippen molar-refractivity contribution in [2.75, 3.05) is 20.2 Å². The van der Waals surface area contributed by atoms with Gasteiger partial charge in [0.25, 0.3) is 5.91 Å². The summed E-state index contributed by atoms with van der Waals surface area (Å²) in [7, 11) is 1.29. The third kappa shape index (κ3) is 4.93. The molecule has 116 valence electrons. The average molecular weight is 314 g/mol. The average Bonchev–Trinajstić information content (AvgIpc) is 2.46. The molecule has 1 amide bonds. The third-order valence-corrected chi connectivity index (χ3v) is 3.26. The number of hydrogen-bond donors (Lipinski definition) is 0. The molecule has 0 aliphatic heterocycles. The van der Waals surface area contributed by atoms with E-state index in [4.69, 9.17) is 16.3 Å². The lowest BCUT2D eigenvalue weighted by molar-refractivity contribution is -0.149. The number of rotatable bonds is 6. The molecule has 0 saturated carbocycles. The highest BCUT2D eigenvalue weighted by Crippen LogP contribution is 2.23. The van der Waals surface area contributed by atoms with Crippen molar-refractivity contribution in [2.45, 2.75) is 26.9 Å². The molecule has 0 N–H and O–H groups in total. The molecule has 1 atom stereocenters. The standard InChI is InChI=1S/C15H20ClNO4/c1-5-17(9-14(18)20-4)15(19)11(3)21-13-7-6-12(16)8-10(13)2/h6-8,11H,5,9H2,1-4H3. The van der Waals surface area contributed by atoms with Crippen molar-refractivity contribution >= 4 is 23.5 Å². The van der Waals surface area contributed by atoms with E-state index in [0.29, 0.717) is 17.3 Å². The number of likely N-dealkylation sites (N-methyl/N-ethyl adjacent to an activating group) is 1. The number of amides is 1. The van der Waals surface area contributed by atoms with E-state index in [1.807, 2.05) is 6.92 Å². The van der Waals surface area contributed by atoms with Crippen LogP contribution in [0.3, 0.4) is 0 Å². The van der Waals surface area contributed by atoms with Crippen LogP contribution in [0.2, 0.25) is 5.02 Å². The Morgan fingerprint density at radius 1 is 1.38 bits per heavy atom. The number of nitrogens with zero attached hydrogens (tertiary/aromatic N) is 1. The molecule has 6 heteroatoms. The molecule has 21 heavy (non-hydrogen) atoms. The first-order valence-corrected chi connectivity index (χ1v) is 7.05. The monoisotopic (exact) mass is 313 g/mol. The molecular weight excluding hydrogens is 294 g/mol. The van der Waals surface area contributed by atoms with Crippen molar-refractivity contribution in [1.29, 1.82) is 0 Å². The van der Waals surface area contributed by atoms with Crippen LogP contribution in [0.1, 0.15) is 19.4 Å². The van der Waals surface area contributed by atoms with Crippen molar-refractivity contribution in [3.63, 3.8) is 0 Å². The number of carbonyl (C=O) groups is 2. The lowest BCUT2D eigenvalue weighted by Gasteiger charge is -2.24. The Bertz CT molecular complexity index is 518. The Morgan fingerprint density at radius 3 is 2.57 bits per heavy atom. The third-order valence-electron chi connectivity index (χ3n) is 3.03. The summed E-state index contributed by atoms with van der Waals surface area (Å²) < 4.78 is 10.2. The number of ether oxygens (including phenoxy) is 2. The van der Waals surface area contributed by atoms with Gasteiger partial charge in [0.05, 0.1) is 7.11 Å². The zero-order valence-corrected chi connectivity index (χ0v) is 13.4. The van der Waals surface area contributed by atoms with Gasteiger partial charge in [0.2, 0.25) is 0 Å². The minimum absolute atomic E-state index is 0.0842. The second-order valence-corrected chi connectivity index (χ2v) is 5.03. The predicted molar refractivity (Wildman–Crippen MR) is 80.5 cm³/mol. The summed E-state index contributed by atoms with van der Waals surface area (Å²) >= 11 is 5.88. The number of aryl methyl sites for hydroxylation is 1. The highest BCUT2D eigenvalue weighted by atomic mass is 35.5. The van der Waals surface area contributed by atoms with Gasteiger partial charge in [-0.05, 0) is 44.5 Å². The fraction of sp³-hybridized carbons (Fsp3) is 0.467. The molecule has 5 nitrogen and oxygen atoms in total. The molecule has 0 aliphatic rings. The summed E-state index contributed by atoms with van der Waals surface area (Å²) in [5.74, 6) is -0.133. The van der Waals surface area contributed by atoms with E-state index in [1.54, 1.807) is 32.0 Å². The van der Waals surface area contributed by atoms with Crippen LogP contribution in [-0.4, -0.2) is 43.1 Å². The Balaban J connectivity index is 2.74. The molecule has 1 rings (SSSR count). The maximum atomic E-state index is 12.3. The van der Waals surface area contributed by atoms with E-state index in [0.717, 1.165) is 5.56 Å². The second kappa shape index (κ2) is 7.88. The van der Waals surface area contributed by atoms with Gasteiger partial charge >= 0.3 is 5.97 Å². The van der Waals surface area contributed by atoms with Gasteiger partial charge in [-0.25, -0.2) is 0 Å². The molecule has 0 spiro atoms. The summed E-state index contributed by atoms with van der Waals surface area (Å²) in [5.41, 5.74) is 0.846. The van der Waals surface area contributed by atoms with Crippen LogP contribution in [-0.2, 0) is 14.3 Å². The zero-order valence-electron chi connectivity index (χ0n) is 12.7. The fourth-order valence-electron chi connectivity index (χ4n) is 1.81. The first-order valence-electron chi connectivity index (χ1n) is 6.67. The molecule has 0 heterocycles. The van der Waals surface area contributed by atoms with Crippen molar-refractivity contribution in [3.05, 3.63) is 28.8 Å². The van der Waals surface area contributed by atoms with Gasteiger partial charge in [-0.2, -0.15) is 0 Å². The first kappa shape index (κ1) is 17.3. The van der Waals surface area contributed by atoms with Crippen LogP contribution in [0.4, 0.5) is 0 Å². The van der Waals surface area contributed by atoms with Crippen LogP contribution in [0.15, 0.2) is 18.2 Å². The lowest BCUT2D eigenvalue weighted by atomic mass is 10.2. The van der Waals surface area contributed by atoms with E-state index in [9.17, 15) is 9.59 Å². The number of esters is 1. The fourth-order valence-corrected chi connectivity index (χ4v) is 2.04. The van der Waals surface area contributed by atoms with E-state index in [2.05, 4.69) is 4.74 Å². The highest BCUT2D eigenvalue weighted by Gasteiger charge is 2.23. The van der Waals surface area contributed by atoms with Crippen LogP contribution < -0.4 is 4.74 Å². The van der Waals surface area contributed by atoms with Gasteiger partial charge in [-0.15, -0.1) is 0 Å². The topological polar surface area (TPSA) is 55.8 Å². The second-order valence-electron chi connectivity index (χ2n) is 4.60. The molecule has 0 aliphatic carbocycles. The first-order chi connectivity index (χ1) is 9.88. The minimum Gasteiger partial charge on any atom is -0.481 e. The largest absolute Gasteiger partial charge is 0.481 e. The molecule has 1 aromatic carbocycles. The summed E-state index contributed by atoms with van der Waals surface area (Å²) in [6, 6.07) is 5.19. The summed E-state index contributed by atoms with van der Waals surface area (Å²) in [6.07, 6.45) is -0.700. The number of carbonyl (C=O) groups excluding carboxylic acids is 2. The van der Waals surface area contributed by atoms with E-state index in [-0.39, 0.29) is 12.5 Å². The Labute approximate surface area is 129 Å². The van der Waals surface area contributed by atoms with Crippen molar-refractivity contribution in [2.24, 2.45) is 0 Å². The molecule has 0 radical (unpaired) electrons. The normalized spacial score (nSPS) is 11.7. The van der Waals surface area contributed by atoms with E-state index < -0.39 is 12.1 Å². The van der Waals surface area contributed by atoms with E-state index >= 15 is 0 Å². The molecular formula is C15H20ClNO4. The Morgan fingerprint density at radius 2 is 2.05 bits per heavy atom. The van der Waals surface area contributed by atoms with Crippen molar-refractivity contribution < 1.29 is 19.1 Å². The van der Waals surface area contributed by atoms with Crippen molar-refractivity contribution in [1.82, 2.24) is 4.90 Å². The Kier molecular flexibility index (Phi) is 6.49. The van der Waals surface area contributed by atoms with Gasteiger partial charge < -0.3 is 14.4 Å². The van der Waals surface area contributed by atoms with Gasteiger partial charge in [0.1, 0.15) is 12.3 Å². The van der Waals surface area contributed by atoms with Crippen LogP contribution in [0.5, 0.6) is 5.75 Å². The number of methoxy groups -OCH3 is 1. The van der Waals surface area contributed by atoms with Crippen LogP contribution in [0, 0.1) is 6.92 Å². The molecule has 0 bridgehead atoms. The zero-order chi connectivity index (χ0) is 16.0. The van der Waals surface area contributed by atoms with Gasteiger partial charge in [0, 0.05) is 11.6 Å². The quantitative estimate of drug-likeness (QED) is 0.757. The lowest BCUT2D eigenvalue weighted by Crippen LogP contribution is -2.43. The summed E-state index contributed by atoms with van der Waals surface area (Å²) in [4.78, 5) is 25.0. The molecule has 1 unspecified atom stereocenters. The molecule has 0 fully saturated rings. The maximum Gasteiger partial charge on any atom is 0.325 e. The highest BCUT2D eigenvalue weighted by molar-refractivity contribution is 6.30. The SMILES string of the molecule is CCN(CC(=O)OC)C(=O)C(C)Oc1ccc(Cl)cc1C. The van der Waals surface area contributed by atoms with E-state index in [1.165, 1.54) is 12.0 Å². The van der Waals surface area contributed by atoms with Gasteiger partial charge in [-0.1, -0.05) is 11.6 Å². The maximum absolute atomic E-state index is 12.3. The van der Waals surface area contributed by atoms with Gasteiger partial charge in [0.15, 0.2) is 6.10 Å². The number of halogens is 1. The number of hydrogen-bond acceptors (Lipinski definition) is 4. The summed E-state index contributed by atoms with van der Waals surface area (Å²) in [5, 5.41) is 0.611. The van der Waals surface area contributed by atoms with Gasteiger partial charge in [-0.3, -0.25) is 9.59 Å². The molecule has 1 aromatic rings. The smallest absolute Gasteiger partial charge is 0.325 e. The molecule has 0 aromatic heterocycles.